The van der Waals surface area contributed by atoms with Gasteiger partial charge in [-0.3, -0.25) is 0 Å². The largest absolute Gasteiger partial charge is 0.396 e. The molecular weight excluding hydrogens is 414 g/mol. The third-order valence-electron chi connectivity index (χ3n) is 3.95. The molecule has 0 radical (unpaired) electrons. The molecule has 1 aromatic heterocycles. The van der Waals surface area contributed by atoms with E-state index in [1.165, 1.54) is 24.3 Å². The highest BCUT2D eigenvalue weighted by Crippen LogP contribution is 2.19. The number of rotatable bonds is 10. The lowest BCUT2D eigenvalue weighted by atomic mass is 10.2. The van der Waals surface area contributed by atoms with Gasteiger partial charge < -0.3 is 21.1 Å². The summed E-state index contributed by atoms with van der Waals surface area (Å²) in [6.07, 6.45) is 2.48. The highest BCUT2D eigenvalue weighted by molar-refractivity contribution is 5.85. The van der Waals surface area contributed by atoms with Crippen LogP contribution < -0.4 is 16.0 Å². The first-order valence-corrected chi connectivity index (χ1v) is 9.28. The van der Waals surface area contributed by atoms with E-state index in [-0.39, 0.29) is 42.5 Å². The van der Waals surface area contributed by atoms with Crippen LogP contribution in [0.3, 0.4) is 0 Å². The summed E-state index contributed by atoms with van der Waals surface area (Å²) in [7, 11) is 0. The predicted octanol–water partition coefficient (Wildman–Crippen LogP) is 4.63. The number of hydrogen-bond acceptors (Lipinski definition) is 7. The maximum absolute atomic E-state index is 13.1. The van der Waals surface area contributed by atoms with Crippen LogP contribution >= 0.6 is 12.4 Å². The minimum atomic E-state index is -0.338. The number of aliphatic hydroxyl groups is 1. The first-order chi connectivity index (χ1) is 14.1. The molecule has 30 heavy (non-hydrogen) atoms. The second-order valence-electron chi connectivity index (χ2n) is 6.28. The molecule has 0 amide bonds. The van der Waals surface area contributed by atoms with E-state index in [1.54, 1.807) is 24.3 Å². The number of nitrogens with one attached hydrogen (secondary N) is 3. The summed E-state index contributed by atoms with van der Waals surface area (Å²) in [5, 5.41) is 18.0. The summed E-state index contributed by atoms with van der Waals surface area (Å²) >= 11 is 0. The van der Waals surface area contributed by atoms with Crippen molar-refractivity contribution in [2.24, 2.45) is 0 Å². The molecule has 0 aliphatic heterocycles. The minimum absolute atomic E-state index is 0. The molecule has 4 N–H and O–H groups in total. The van der Waals surface area contributed by atoms with Crippen molar-refractivity contribution in [2.45, 2.75) is 19.3 Å². The highest BCUT2D eigenvalue weighted by Gasteiger charge is 2.08. The van der Waals surface area contributed by atoms with Gasteiger partial charge in [-0.25, -0.2) is 8.78 Å². The van der Waals surface area contributed by atoms with Gasteiger partial charge in [-0.1, -0.05) is 0 Å². The van der Waals surface area contributed by atoms with E-state index >= 15 is 0 Å². The summed E-state index contributed by atoms with van der Waals surface area (Å²) in [6, 6.07) is 11.6. The van der Waals surface area contributed by atoms with Gasteiger partial charge in [-0.05, 0) is 67.8 Å². The fraction of sp³-hybridized carbons (Fsp3) is 0.250. The number of halogens is 3. The van der Waals surface area contributed by atoms with Gasteiger partial charge in [-0.15, -0.1) is 12.4 Å². The molecule has 3 aromatic rings. The van der Waals surface area contributed by atoms with Crippen LogP contribution in [0, 0.1) is 11.6 Å². The number of aliphatic hydroxyl groups excluding tert-OH is 1. The van der Waals surface area contributed by atoms with E-state index in [0.29, 0.717) is 23.9 Å². The second kappa shape index (κ2) is 11.8. The molecule has 0 fully saturated rings. The maximum Gasteiger partial charge on any atom is 0.233 e. The fourth-order valence-corrected chi connectivity index (χ4v) is 2.51. The molecule has 0 saturated carbocycles. The Morgan fingerprint density at radius 2 is 1.13 bits per heavy atom. The first kappa shape index (κ1) is 23.2. The van der Waals surface area contributed by atoms with E-state index < -0.39 is 0 Å². The predicted molar refractivity (Wildman–Crippen MR) is 116 cm³/mol. The first-order valence-electron chi connectivity index (χ1n) is 9.28. The molecule has 3 rings (SSSR count). The van der Waals surface area contributed by atoms with Gasteiger partial charge in [0.2, 0.25) is 17.8 Å². The zero-order valence-corrected chi connectivity index (χ0v) is 16.9. The third kappa shape index (κ3) is 7.41. The molecule has 0 unspecified atom stereocenters. The summed E-state index contributed by atoms with van der Waals surface area (Å²) in [5.41, 5.74) is 1.25. The Labute approximate surface area is 179 Å². The topological polar surface area (TPSA) is 95.0 Å². The van der Waals surface area contributed by atoms with E-state index in [9.17, 15) is 8.78 Å². The minimum Gasteiger partial charge on any atom is -0.396 e. The van der Waals surface area contributed by atoms with Crippen LogP contribution in [0.25, 0.3) is 0 Å². The van der Waals surface area contributed by atoms with Crippen molar-refractivity contribution in [3.8, 4) is 0 Å². The molecule has 1 heterocycles. The summed E-state index contributed by atoms with van der Waals surface area (Å²) < 4.78 is 26.2. The van der Waals surface area contributed by atoms with E-state index in [4.69, 9.17) is 5.11 Å². The van der Waals surface area contributed by atoms with Crippen LogP contribution in [0.4, 0.5) is 38.0 Å². The number of nitrogens with zero attached hydrogens (tertiary/aromatic N) is 3. The SMILES string of the molecule is Cl.OCCCCCNc1nc(Nc2ccc(F)cc2)nc(Nc2ccc(F)cc2)n1. The normalized spacial score (nSPS) is 10.2. The van der Waals surface area contributed by atoms with E-state index in [0.717, 1.165) is 19.3 Å². The highest BCUT2D eigenvalue weighted by atomic mass is 35.5. The van der Waals surface area contributed by atoms with Gasteiger partial charge in [-0.2, -0.15) is 15.0 Å². The van der Waals surface area contributed by atoms with Gasteiger partial charge in [0.15, 0.2) is 0 Å². The molecule has 7 nitrogen and oxygen atoms in total. The van der Waals surface area contributed by atoms with Crippen molar-refractivity contribution in [1.82, 2.24) is 15.0 Å². The monoisotopic (exact) mass is 436 g/mol. The summed E-state index contributed by atoms with van der Waals surface area (Å²) in [4.78, 5) is 13.0. The van der Waals surface area contributed by atoms with Crippen LogP contribution in [0.1, 0.15) is 19.3 Å². The van der Waals surface area contributed by atoms with Crippen molar-refractivity contribution in [3.63, 3.8) is 0 Å². The average molecular weight is 437 g/mol. The van der Waals surface area contributed by atoms with Crippen LogP contribution in [0.2, 0.25) is 0 Å². The molecule has 0 atom stereocenters. The van der Waals surface area contributed by atoms with Crippen molar-refractivity contribution < 1.29 is 13.9 Å². The van der Waals surface area contributed by atoms with E-state index in [1.807, 2.05) is 0 Å². The molecule has 10 heteroatoms. The van der Waals surface area contributed by atoms with Crippen molar-refractivity contribution >= 4 is 41.6 Å². The fourth-order valence-electron chi connectivity index (χ4n) is 2.51. The third-order valence-corrected chi connectivity index (χ3v) is 3.95. The quantitative estimate of drug-likeness (QED) is 0.344. The van der Waals surface area contributed by atoms with Crippen LogP contribution in [-0.2, 0) is 0 Å². The molecule has 160 valence electrons. The van der Waals surface area contributed by atoms with E-state index in [2.05, 4.69) is 30.9 Å². The van der Waals surface area contributed by atoms with Crippen LogP contribution in [-0.4, -0.2) is 33.2 Å². The lowest BCUT2D eigenvalue weighted by Gasteiger charge is -2.11. The molecular formula is C20H23ClF2N6O. The number of anilines is 5. The Hall–Kier alpha value is -3.04. The van der Waals surface area contributed by atoms with Crippen molar-refractivity contribution in [2.75, 3.05) is 29.1 Å². The molecule has 0 spiro atoms. The number of hydrogen-bond donors (Lipinski definition) is 4. The number of aromatic nitrogens is 3. The van der Waals surface area contributed by atoms with Crippen molar-refractivity contribution in [1.29, 1.82) is 0 Å². The average Bonchev–Trinajstić information content (AvgIpc) is 2.71. The Kier molecular flexibility index (Phi) is 9.17. The molecule has 0 bridgehead atoms. The number of benzene rings is 2. The molecule has 0 saturated heterocycles. The lowest BCUT2D eigenvalue weighted by Crippen LogP contribution is -2.10. The zero-order chi connectivity index (χ0) is 20.5. The molecule has 2 aromatic carbocycles. The Morgan fingerprint density at radius 1 is 0.667 bits per heavy atom. The van der Waals surface area contributed by atoms with Gasteiger partial charge in [0.1, 0.15) is 11.6 Å². The van der Waals surface area contributed by atoms with Gasteiger partial charge in [0.05, 0.1) is 0 Å². The maximum atomic E-state index is 13.1. The van der Waals surface area contributed by atoms with Crippen LogP contribution in [0.5, 0.6) is 0 Å². The smallest absolute Gasteiger partial charge is 0.233 e. The standard InChI is InChI=1S/C20H22F2N6O.ClH/c21-14-4-8-16(9-5-14)24-19-26-18(23-12-2-1-3-13-29)27-20(28-19)25-17-10-6-15(22)7-11-17;/h4-11,29H,1-3,12-13H2,(H3,23,24,25,26,27,28);1H. The van der Waals surface area contributed by atoms with Gasteiger partial charge >= 0.3 is 0 Å². The Balaban J connectivity index is 0.00000320. The number of unbranched alkanes of at least 4 members (excludes halogenated alkanes) is 2. The lowest BCUT2D eigenvalue weighted by molar-refractivity contribution is 0.283. The summed E-state index contributed by atoms with van der Waals surface area (Å²) in [5.74, 6) is 0.228. The zero-order valence-electron chi connectivity index (χ0n) is 16.1. The second-order valence-corrected chi connectivity index (χ2v) is 6.28. The van der Waals surface area contributed by atoms with Crippen molar-refractivity contribution in [3.05, 3.63) is 60.2 Å². The summed E-state index contributed by atoms with van der Waals surface area (Å²) in [6.45, 7) is 0.805. The molecule has 0 aliphatic carbocycles. The van der Waals surface area contributed by atoms with Gasteiger partial charge in [0.25, 0.3) is 0 Å². The Bertz CT molecular complexity index is 846. The van der Waals surface area contributed by atoms with Crippen LogP contribution in [0.15, 0.2) is 48.5 Å². The Morgan fingerprint density at radius 3 is 1.60 bits per heavy atom. The van der Waals surface area contributed by atoms with Gasteiger partial charge in [0, 0.05) is 24.5 Å². The molecule has 0 aliphatic rings.